The van der Waals surface area contributed by atoms with Crippen LogP contribution < -0.4 is 5.32 Å². The second kappa shape index (κ2) is 6.12. The molecule has 0 spiro atoms. The van der Waals surface area contributed by atoms with Crippen LogP contribution >= 0.6 is 0 Å². The minimum atomic E-state index is -0.474. The highest BCUT2D eigenvalue weighted by atomic mass is 16.5. The number of rotatable bonds is 4. The van der Waals surface area contributed by atoms with Gasteiger partial charge < -0.3 is 19.4 Å². The van der Waals surface area contributed by atoms with E-state index in [9.17, 15) is 9.59 Å². The van der Waals surface area contributed by atoms with Gasteiger partial charge in [0, 0.05) is 39.1 Å². The first-order valence-corrected chi connectivity index (χ1v) is 7.74. The number of carbonyl (C=O) groups is 2. The van der Waals surface area contributed by atoms with Crippen molar-refractivity contribution in [2.24, 2.45) is 11.3 Å². The third-order valence-corrected chi connectivity index (χ3v) is 4.95. The van der Waals surface area contributed by atoms with Crippen LogP contribution in [0.25, 0.3) is 0 Å². The minimum Gasteiger partial charge on any atom is -0.472 e. The summed E-state index contributed by atoms with van der Waals surface area (Å²) in [5, 5.41) is 2.77. The highest BCUT2D eigenvalue weighted by Gasteiger charge is 2.54. The number of nitrogens with one attached hydrogen (secondary N) is 1. The van der Waals surface area contributed by atoms with Gasteiger partial charge in [-0.05, 0) is 24.5 Å². The number of fused-ring (bicyclic) bond motifs is 1. The van der Waals surface area contributed by atoms with Gasteiger partial charge in [0.1, 0.15) is 0 Å². The largest absolute Gasteiger partial charge is 0.472 e. The molecule has 0 radical (unpaired) electrons. The van der Waals surface area contributed by atoms with Crippen LogP contribution in [0.3, 0.4) is 0 Å². The summed E-state index contributed by atoms with van der Waals surface area (Å²) < 4.78 is 10.5. The molecule has 3 heterocycles. The number of hydrogen-bond acceptors (Lipinski definition) is 4. The quantitative estimate of drug-likeness (QED) is 0.894. The Morgan fingerprint density at radius 1 is 1.50 bits per heavy atom. The van der Waals surface area contributed by atoms with E-state index >= 15 is 0 Å². The molecule has 2 amide bonds. The van der Waals surface area contributed by atoms with E-state index in [0.29, 0.717) is 45.6 Å². The molecule has 1 aromatic rings. The zero-order chi connectivity index (χ0) is 15.6. The summed E-state index contributed by atoms with van der Waals surface area (Å²) in [6.07, 6.45) is 5.07. The highest BCUT2D eigenvalue weighted by Crippen LogP contribution is 2.42. The number of hydrogen-bond donors (Lipinski definition) is 1. The lowest BCUT2D eigenvalue weighted by atomic mass is 9.73. The molecule has 2 aliphatic rings. The standard InChI is InChI=1S/C16H22N2O4/c1-17-15(20)16-5-7-22-10-13(16)8-18(11-16)14(19)3-2-12-4-6-21-9-12/h4,6,9,13H,2-3,5,7-8,10-11H2,1H3,(H,17,20)/t13-,16+/m1/s1. The summed E-state index contributed by atoms with van der Waals surface area (Å²) in [5.41, 5.74) is 0.549. The molecule has 0 unspecified atom stereocenters. The molecule has 2 atom stereocenters. The summed E-state index contributed by atoms with van der Waals surface area (Å²) in [4.78, 5) is 26.7. The van der Waals surface area contributed by atoms with Crippen molar-refractivity contribution in [3.8, 4) is 0 Å². The van der Waals surface area contributed by atoms with Crippen LogP contribution in [0.1, 0.15) is 18.4 Å². The first kappa shape index (κ1) is 15.1. The predicted octanol–water partition coefficient (Wildman–Crippen LogP) is 0.823. The van der Waals surface area contributed by atoms with Crippen molar-refractivity contribution in [2.75, 3.05) is 33.4 Å². The zero-order valence-corrected chi connectivity index (χ0v) is 12.8. The average molecular weight is 306 g/mol. The van der Waals surface area contributed by atoms with Gasteiger partial charge in [-0.1, -0.05) is 0 Å². The Bertz CT molecular complexity index is 542. The van der Waals surface area contributed by atoms with E-state index in [1.807, 2.05) is 11.0 Å². The topological polar surface area (TPSA) is 71.8 Å². The Hall–Kier alpha value is -1.82. The molecule has 0 saturated carbocycles. The minimum absolute atomic E-state index is 0.0333. The highest BCUT2D eigenvalue weighted by molar-refractivity contribution is 5.85. The van der Waals surface area contributed by atoms with Crippen LogP contribution in [0.5, 0.6) is 0 Å². The first-order valence-electron chi connectivity index (χ1n) is 7.74. The van der Waals surface area contributed by atoms with Crippen LogP contribution in [0.2, 0.25) is 0 Å². The van der Waals surface area contributed by atoms with Crippen molar-refractivity contribution < 1.29 is 18.7 Å². The molecule has 1 N–H and O–H groups in total. The van der Waals surface area contributed by atoms with Crippen molar-refractivity contribution in [1.29, 1.82) is 0 Å². The van der Waals surface area contributed by atoms with Crippen LogP contribution in [-0.4, -0.2) is 50.1 Å². The molecule has 1 aromatic heterocycles. The van der Waals surface area contributed by atoms with E-state index in [4.69, 9.17) is 9.15 Å². The van der Waals surface area contributed by atoms with Gasteiger partial charge in [-0.3, -0.25) is 9.59 Å². The molecule has 3 rings (SSSR count). The van der Waals surface area contributed by atoms with E-state index in [0.717, 1.165) is 5.56 Å². The van der Waals surface area contributed by atoms with Crippen molar-refractivity contribution in [1.82, 2.24) is 10.2 Å². The summed E-state index contributed by atoms with van der Waals surface area (Å²) in [6.45, 7) is 2.25. The molecule has 6 heteroatoms. The summed E-state index contributed by atoms with van der Waals surface area (Å²) in [6, 6.07) is 1.87. The molecule has 6 nitrogen and oxygen atoms in total. The fourth-order valence-electron chi connectivity index (χ4n) is 3.60. The van der Waals surface area contributed by atoms with Gasteiger partial charge in [0.05, 0.1) is 24.5 Å². The third-order valence-electron chi connectivity index (χ3n) is 4.95. The van der Waals surface area contributed by atoms with E-state index in [1.165, 1.54) is 0 Å². The van der Waals surface area contributed by atoms with Crippen LogP contribution in [-0.2, 0) is 20.7 Å². The average Bonchev–Trinajstić information content (AvgIpc) is 3.19. The van der Waals surface area contributed by atoms with Gasteiger partial charge in [-0.2, -0.15) is 0 Å². The van der Waals surface area contributed by atoms with Crippen molar-refractivity contribution >= 4 is 11.8 Å². The van der Waals surface area contributed by atoms with Crippen LogP contribution in [0, 0.1) is 11.3 Å². The molecular weight excluding hydrogens is 284 g/mol. The molecular formula is C16H22N2O4. The molecule has 0 aliphatic carbocycles. The Morgan fingerprint density at radius 2 is 2.36 bits per heavy atom. The van der Waals surface area contributed by atoms with E-state index in [-0.39, 0.29) is 17.7 Å². The molecule has 2 saturated heterocycles. The molecule has 2 aliphatic heterocycles. The number of nitrogens with zero attached hydrogens (tertiary/aromatic N) is 1. The van der Waals surface area contributed by atoms with Gasteiger partial charge in [0.2, 0.25) is 11.8 Å². The molecule has 0 bridgehead atoms. The Morgan fingerprint density at radius 3 is 3.09 bits per heavy atom. The normalized spacial score (nSPS) is 27.5. The molecule has 22 heavy (non-hydrogen) atoms. The smallest absolute Gasteiger partial charge is 0.228 e. The predicted molar refractivity (Wildman–Crippen MR) is 79.0 cm³/mol. The second-order valence-corrected chi connectivity index (χ2v) is 6.16. The van der Waals surface area contributed by atoms with Gasteiger partial charge in [0.25, 0.3) is 0 Å². The maximum Gasteiger partial charge on any atom is 0.228 e. The maximum atomic E-state index is 12.5. The van der Waals surface area contributed by atoms with E-state index in [2.05, 4.69) is 5.32 Å². The lowest BCUT2D eigenvalue weighted by molar-refractivity contribution is -0.139. The number of likely N-dealkylation sites (tertiary alicyclic amines) is 1. The lowest BCUT2D eigenvalue weighted by Gasteiger charge is -2.36. The fraction of sp³-hybridized carbons (Fsp3) is 0.625. The maximum absolute atomic E-state index is 12.5. The molecule has 0 aromatic carbocycles. The third kappa shape index (κ3) is 2.63. The Kier molecular flexibility index (Phi) is 4.20. The number of ether oxygens (including phenoxy) is 1. The van der Waals surface area contributed by atoms with Crippen molar-refractivity contribution in [3.63, 3.8) is 0 Å². The Balaban J connectivity index is 1.66. The number of carbonyl (C=O) groups excluding carboxylic acids is 2. The first-order chi connectivity index (χ1) is 10.7. The van der Waals surface area contributed by atoms with Crippen LogP contribution in [0.4, 0.5) is 0 Å². The second-order valence-electron chi connectivity index (χ2n) is 6.16. The monoisotopic (exact) mass is 306 g/mol. The number of aryl methyl sites for hydroxylation is 1. The van der Waals surface area contributed by atoms with Gasteiger partial charge >= 0.3 is 0 Å². The Labute approximate surface area is 129 Å². The summed E-state index contributed by atoms with van der Waals surface area (Å²) in [5.74, 6) is 0.226. The summed E-state index contributed by atoms with van der Waals surface area (Å²) in [7, 11) is 1.66. The SMILES string of the molecule is CNC(=O)[C@]12CCOC[C@H]1CN(C(=O)CCc1ccoc1)C2. The van der Waals surface area contributed by atoms with Gasteiger partial charge in [-0.15, -0.1) is 0 Å². The van der Waals surface area contributed by atoms with Gasteiger partial charge in [0.15, 0.2) is 0 Å². The molecule has 120 valence electrons. The number of furan rings is 1. The molecule has 2 fully saturated rings. The van der Waals surface area contributed by atoms with Crippen molar-refractivity contribution in [3.05, 3.63) is 24.2 Å². The van der Waals surface area contributed by atoms with E-state index < -0.39 is 5.41 Å². The van der Waals surface area contributed by atoms with E-state index in [1.54, 1.807) is 19.6 Å². The zero-order valence-electron chi connectivity index (χ0n) is 12.8. The fourth-order valence-corrected chi connectivity index (χ4v) is 3.60. The van der Waals surface area contributed by atoms with Gasteiger partial charge in [-0.25, -0.2) is 0 Å². The van der Waals surface area contributed by atoms with Crippen molar-refractivity contribution in [2.45, 2.75) is 19.3 Å². The lowest BCUT2D eigenvalue weighted by Crippen LogP contribution is -2.49. The number of amides is 2. The summed E-state index contributed by atoms with van der Waals surface area (Å²) >= 11 is 0. The van der Waals surface area contributed by atoms with Crippen LogP contribution in [0.15, 0.2) is 23.0 Å².